The maximum absolute atomic E-state index is 12.7. The molecule has 1 radical (unpaired) electrons. The van der Waals surface area contributed by atoms with E-state index >= 15 is 0 Å². The first-order valence-corrected chi connectivity index (χ1v) is 3.70. The maximum Gasteiger partial charge on any atom is 0.125 e. The molecule has 0 spiro atoms. The Bertz CT molecular complexity index is 273. The SMILES string of the molecule is [CH2]CN(C)c1cc(F)ccc1N. The molecule has 3 heteroatoms. The summed E-state index contributed by atoms with van der Waals surface area (Å²) < 4.78 is 12.7. The summed E-state index contributed by atoms with van der Waals surface area (Å²) in [6, 6.07) is 4.30. The fourth-order valence-electron chi connectivity index (χ4n) is 0.968. The van der Waals surface area contributed by atoms with Gasteiger partial charge in [0.25, 0.3) is 0 Å². The van der Waals surface area contributed by atoms with Crippen LogP contribution in [0.1, 0.15) is 0 Å². The normalized spacial score (nSPS) is 9.92. The van der Waals surface area contributed by atoms with Gasteiger partial charge in [-0.3, -0.25) is 0 Å². The second-order valence-corrected chi connectivity index (χ2v) is 2.62. The predicted octanol–water partition coefficient (Wildman–Crippen LogP) is 1.68. The highest BCUT2D eigenvalue weighted by atomic mass is 19.1. The zero-order chi connectivity index (χ0) is 9.14. The molecule has 0 aliphatic rings. The quantitative estimate of drug-likeness (QED) is 0.679. The Balaban J connectivity index is 3.04. The molecule has 0 saturated heterocycles. The van der Waals surface area contributed by atoms with E-state index in [1.807, 2.05) is 7.05 Å². The maximum atomic E-state index is 12.7. The molecule has 2 N–H and O–H groups in total. The van der Waals surface area contributed by atoms with E-state index in [2.05, 4.69) is 6.92 Å². The van der Waals surface area contributed by atoms with Crippen LogP contribution in [0.5, 0.6) is 0 Å². The number of nitrogen functional groups attached to an aromatic ring is 1. The lowest BCUT2D eigenvalue weighted by Gasteiger charge is -2.18. The molecule has 0 atom stereocenters. The van der Waals surface area contributed by atoms with Gasteiger partial charge in [0.2, 0.25) is 0 Å². The van der Waals surface area contributed by atoms with Gasteiger partial charge in [-0.2, -0.15) is 0 Å². The zero-order valence-corrected chi connectivity index (χ0v) is 7.05. The van der Waals surface area contributed by atoms with Crippen LogP contribution < -0.4 is 10.6 Å². The van der Waals surface area contributed by atoms with Crippen LogP contribution in [0.2, 0.25) is 0 Å². The van der Waals surface area contributed by atoms with Crippen molar-refractivity contribution in [1.29, 1.82) is 0 Å². The first-order chi connectivity index (χ1) is 5.65. The molecule has 0 fully saturated rings. The number of hydrogen-bond acceptors (Lipinski definition) is 2. The molecule has 1 aromatic rings. The van der Waals surface area contributed by atoms with Gasteiger partial charge in [-0.05, 0) is 25.1 Å². The van der Waals surface area contributed by atoms with Gasteiger partial charge in [-0.15, -0.1) is 0 Å². The van der Waals surface area contributed by atoms with Crippen LogP contribution >= 0.6 is 0 Å². The molecule has 0 amide bonds. The Morgan fingerprint density at radius 3 is 2.83 bits per heavy atom. The van der Waals surface area contributed by atoms with Gasteiger partial charge < -0.3 is 10.6 Å². The summed E-state index contributed by atoms with van der Waals surface area (Å²) in [7, 11) is 1.82. The number of rotatable bonds is 2. The van der Waals surface area contributed by atoms with Gasteiger partial charge in [-0.25, -0.2) is 4.39 Å². The molecular weight excluding hydrogens is 155 g/mol. The van der Waals surface area contributed by atoms with Crippen molar-refractivity contribution in [1.82, 2.24) is 0 Å². The predicted molar refractivity (Wildman–Crippen MR) is 49.4 cm³/mol. The van der Waals surface area contributed by atoms with Crippen molar-refractivity contribution in [2.45, 2.75) is 0 Å². The van der Waals surface area contributed by atoms with Crippen molar-refractivity contribution < 1.29 is 4.39 Å². The van der Waals surface area contributed by atoms with Crippen LogP contribution in [-0.4, -0.2) is 13.6 Å². The monoisotopic (exact) mass is 167 g/mol. The van der Waals surface area contributed by atoms with Gasteiger partial charge in [0.05, 0.1) is 11.4 Å². The standard InChI is InChI=1S/C9H12FN2/c1-3-12(2)9-6-7(10)4-5-8(9)11/h4-6H,1,3,11H2,2H3. The molecule has 0 aliphatic carbocycles. The minimum atomic E-state index is -0.278. The average Bonchev–Trinajstić information content (AvgIpc) is 2.08. The van der Waals surface area contributed by atoms with Gasteiger partial charge in [0, 0.05) is 13.6 Å². The van der Waals surface area contributed by atoms with Crippen molar-refractivity contribution in [2.75, 3.05) is 24.2 Å². The second kappa shape index (κ2) is 3.43. The lowest BCUT2D eigenvalue weighted by atomic mass is 10.2. The molecular formula is C9H12FN2. The van der Waals surface area contributed by atoms with Crippen LogP contribution in [0.25, 0.3) is 0 Å². The topological polar surface area (TPSA) is 29.3 Å². The fraction of sp³-hybridized carbons (Fsp3) is 0.222. The van der Waals surface area contributed by atoms with Crippen molar-refractivity contribution in [2.24, 2.45) is 0 Å². The number of nitrogens with two attached hydrogens (primary N) is 1. The average molecular weight is 167 g/mol. The first-order valence-electron chi connectivity index (χ1n) is 3.70. The molecule has 1 aromatic carbocycles. The highest BCUT2D eigenvalue weighted by molar-refractivity contribution is 5.67. The van der Waals surface area contributed by atoms with E-state index in [1.54, 1.807) is 11.0 Å². The number of benzene rings is 1. The molecule has 0 aliphatic heterocycles. The lowest BCUT2D eigenvalue weighted by Crippen LogP contribution is -2.17. The Hall–Kier alpha value is -1.25. The molecule has 2 nitrogen and oxygen atoms in total. The number of halogens is 1. The van der Waals surface area contributed by atoms with Crippen LogP contribution in [0.3, 0.4) is 0 Å². The van der Waals surface area contributed by atoms with Crippen molar-refractivity contribution in [3.63, 3.8) is 0 Å². The van der Waals surface area contributed by atoms with E-state index in [1.165, 1.54) is 12.1 Å². The summed E-state index contributed by atoms with van der Waals surface area (Å²) in [6.45, 7) is 4.24. The summed E-state index contributed by atoms with van der Waals surface area (Å²) in [5.41, 5.74) is 6.89. The van der Waals surface area contributed by atoms with E-state index in [4.69, 9.17) is 5.73 Å². The smallest absolute Gasteiger partial charge is 0.125 e. The van der Waals surface area contributed by atoms with Crippen LogP contribution in [0, 0.1) is 12.7 Å². The zero-order valence-electron chi connectivity index (χ0n) is 7.05. The Kier molecular flexibility index (Phi) is 2.53. The lowest BCUT2D eigenvalue weighted by molar-refractivity contribution is 0.627. The molecule has 0 unspecified atom stereocenters. The summed E-state index contributed by atoms with van der Waals surface area (Å²) in [4.78, 5) is 1.79. The number of hydrogen-bond donors (Lipinski definition) is 1. The van der Waals surface area contributed by atoms with Crippen LogP contribution in [-0.2, 0) is 0 Å². The molecule has 1 rings (SSSR count). The number of anilines is 2. The van der Waals surface area contributed by atoms with Crippen molar-refractivity contribution in [3.05, 3.63) is 30.9 Å². The third-order valence-corrected chi connectivity index (χ3v) is 1.74. The molecule has 0 saturated carbocycles. The molecule has 0 aromatic heterocycles. The highest BCUT2D eigenvalue weighted by Crippen LogP contribution is 2.22. The van der Waals surface area contributed by atoms with Gasteiger partial charge in [-0.1, -0.05) is 0 Å². The Labute approximate surface area is 71.8 Å². The first kappa shape index (κ1) is 8.84. The summed E-state index contributed by atoms with van der Waals surface area (Å²) in [5, 5.41) is 0. The number of nitrogens with zero attached hydrogens (tertiary/aromatic N) is 1. The molecule has 12 heavy (non-hydrogen) atoms. The third-order valence-electron chi connectivity index (χ3n) is 1.74. The summed E-state index contributed by atoms with van der Waals surface area (Å²) in [6.07, 6.45) is 0. The second-order valence-electron chi connectivity index (χ2n) is 2.62. The summed E-state index contributed by atoms with van der Waals surface area (Å²) in [5.74, 6) is -0.278. The molecule has 0 bridgehead atoms. The third kappa shape index (κ3) is 1.67. The van der Waals surface area contributed by atoms with Gasteiger partial charge in [0.15, 0.2) is 0 Å². The van der Waals surface area contributed by atoms with E-state index in [0.29, 0.717) is 17.9 Å². The van der Waals surface area contributed by atoms with Gasteiger partial charge >= 0.3 is 0 Å². The largest absolute Gasteiger partial charge is 0.397 e. The molecule has 0 heterocycles. The van der Waals surface area contributed by atoms with E-state index in [9.17, 15) is 4.39 Å². The molecule has 65 valence electrons. The fourth-order valence-corrected chi connectivity index (χ4v) is 0.968. The minimum Gasteiger partial charge on any atom is -0.397 e. The van der Waals surface area contributed by atoms with E-state index < -0.39 is 0 Å². The van der Waals surface area contributed by atoms with Crippen molar-refractivity contribution >= 4 is 11.4 Å². The van der Waals surface area contributed by atoms with Gasteiger partial charge in [0.1, 0.15) is 5.82 Å². The van der Waals surface area contributed by atoms with Crippen LogP contribution in [0.15, 0.2) is 18.2 Å². The van der Waals surface area contributed by atoms with Crippen molar-refractivity contribution in [3.8, 4) is 0 Å². The van der Waals surface area contributed by atoms with Crippen LogP contribution in [0.4, 0.5) is 15.8 Å². The summed E-state index contributed by atoms with van der Waals surface area (Å²) >= 11 is 0. The highest BCUT2D eigenvalue weighted by Gasteiger charge is 2.03. The minimum absolute atomic E-state index is 0.278. The Morgan fingerprint density at radius 1 is 1.58 bits per heavy atom. The van der Waals surface area contributed by atoms with E-state index in [-0.39, 0.29) is 5.82 Å². The Morgan fingerprint density at radius 2 is 2.25 bits per heavy atom. The van der Waals surface area contributed by atoms with E-state index in [0.717, 1.165) is 0 Å².